The minimum Gasteiger partial charge on any atom is -0.410 e. The van der Waals surface area contributed by atoms with Gasteiger partial charge in [-0.1, -0.05) is 5.16 Å². The molecule has 5 nitrogen and oxygen atoms in total. The van der Waals surface area contributed by atoms with Gasteiger partial charge in [-0.2, -0.15) is 0 Å². The molecule has 0 aliphatic heterocycles. The smallest absolute Gasteiger partial charge is 0.232 e. The molecule has 0 heterocycles. The zero-order chi connectivity index (χ0) is 12.1. The van der Waals surface area contributed by atoms with Crippen molar-refractivity contribution in [2.75, 3.05) is 20.4 Å². The van der Waals surface area contributed by atoms with Crippen LogP contribution in [0.4, 0.5) is 0 Å². The summed E-state index contributed by atoms with van der Waals surface area (Å²) in [6.45, 7) is 3.54. The summed E-state index contributed by atoms with van der Waals surface area (Å²) in [5.41, 5.74) is -0.718. The first kappa shape index (κ1) is 14.2. The second-order valence-electron chi connectivity index (χ2n) is 3.50. The van der Waals surface area contributed by atoms with Crippen molar-refractivity contribution >= 4 is 22.7 Å². The maximum absolute atomic E-state index is 11.7. The van der Waals surface area contributed by atoms with Crippen LogP contribution in [0.15, 0.2) is 5.16 Å². The van der Waals surface area contributed by atoms with E-state index in [4.69, 9.17) is 9.94 Å². The van der Waals surface area contributed by atoms with Crippen LogP contribution in [-0.2, 0) is 9.53 Å². The summed E-state index contributed by atoms with van der Waals surface area (Å²) in [5.74, 6) is -0.850. The van der Waals surface area contributed by atoms with Crippen molar-refractivity contribution in [2.24, 2.45) is 11.1 Å². The second kappa shape index (κ2) is 5.97. The molecule has 0 aromatic carbocycles. The molecule has 0 rings (SSSR count). The number of carbonyl (C=O) groups excluding carboxylic acids is 1. The van der Waals surface area contributed by atoms with Crippen LogP contribution in [0.2, 0.25) is 0 Å². The van der Waals surface area contributed by atoms with E-state index in [1.54, 1.807) is 20.1 Å². The van der Waals surface area contributed by atoms with E-state index in [0.717, 1.165) is 0 Å². The average molecular weight is 234 g/mol. The summed E-state index contributed by atoms with van der Waals surface area (Å²) >= 11 is 1.22. The van der Waals surface area contributed by atoms with Crippen LogP contribution in [0, 0.1) is 5.92 Å². The molecule has 1 amide bonds. The highest BCUT2D eigenvalue weighted by atomic mass is 32.2. The van der Waals surface area contributed by atoms with Crippen molar-refractivity contribution in [1.29, 1.82) is 0 Å². The lowest BCUT2D eigenvalue weighted by Gasteiger charge is -2.31. The van der Waals surface area contributed by atoms with Gasteiger partial charge in [0.25, 0.3) is 0 Å². The Morgan fingerprint density at radius 1 is 1.60 bits per heavy atom. The number of hydrogen-bond acceptors (Lipinski definition) is 5. The Morgan fingerprint density at radius 3 is 2.40 bits per heavy atom. The van der Waals surface area contributed by atoms with E-state index in [-0.39, 0.29) is 5.91 Å². The topological polar surface area (TPSA) is 70.9 Å². The summed E-state index contributed by atoms with van der Waals surface area (Å²) in [6.07, 6.45) is 1.75. The highest BCUT2D eigenvalue weighted by Gasteiger charge is 2.39. The number of hydrogen-bond donors (Lipinski definition) is 2. The lowest BCUT2D eigenvalue weighted by atomic mass is 9.90. The average Bonchev–Trinajstić information content (AvgIpc) is 2.24. The zero-order valence-corrected chi connectivity index (χ0v) is 10.5. The molecule has 6 heteroatoms. The molecular formula is C9H18N2O3S. The van der Waals surface area contributed by atoms with Gasteiger partial charge in [0, 0.05) is 14.2 Å². The minimum absolute atomic E-state index is 0.232. The van der Waals surface area contributed by atoms with Crippen LogP contribution >= 0.6 is 11.8 Å². The summed E-state index contributed by atoms with van der Waals surface area (Å²) in [6, 6.07) is 0. The van der Waals surface area contributed by atoms with E-state index in [2.05, 4.69) is 10.5 Å². The Balaban J connectivity index is 5.14. The second-order valence-corrected chi connectivity index (χ2v) is 4.32. The summed E-state index contributed by atoms with van der Waals surface area (Å²) in [7, 11) is 3.06. The molecule has 1 atom stereocenters. The van der Waals surface area contributed by atoms with Crippen LogP contribution in [0.5, 0.6) is 0 Å². The highest BCUT2D eigenvalue weighted by molar-refractivity contribution is 8.13. The highest BCUT2D eigenvalue weighted by Crippen LogP contribution is 2.26. The van der Waals surface area contributed by atoms with E-state index in [0.29, 0.717) is 5.04 Å². The van der Waals surface area contributed by atoms with Gasteiger partial charge in [-0.25, -0.2) is 0 Å². The summed E-state index contributed by atoms with van der Waals surface area (Å²) < 4.78 is 5.24. The first-order valence-electron chi connectivity index (χ1n) is 4.47. The Bertz CT molecular complexity index is 254. The van der Waals surface area contributed by atoms with Crippen molar-refractivity contribution in [3.05, 3.63) is 0 Å². The number of ether oxygens (including phenoxy) is 1. The number of rotatable bonds is 4. The first-order chi connectivity index (χ1) is 6.94. The Morgan fingerprint density at radius 2 is 2.13 bits per heavy atom. The Hall–Kier alpha value is -0.750. The zero-order valence-electron chi connectivity index (χ0n) is 9.70. The van der Waals surface area contributed by atoms with Gasteiger partial charge >= 0.3 is 0 Å². The van der Waals surface area contributed by atoms with Gasteiger partial charge in [0.1, 0.15) is 11.0 Å². The molecule has 2 N–H and O–H groups in total. The maximum Gasteiger partial charge on any atom is 0.232 e. The van der Waals surface area contributed by atoms with E-state index in [1.165, 1.54) is 25.9 Å². The number of oxime groups is 1. The number of thioether (sulfide) groups is 1. The number of nitrogens with zero attached hydrogens (tertiary/aromatic N) is 1. The van der Waals surface area contributed by atoms with E-state index < -0.39 is 11.5 Å². The maximum atomic E-state index is 11.7. The fraction of sp³-hybridized carbons (Fsp3) is 0.778. The Labute approximate surface area is 94.3 Å². The number of amides is 1. The van der Waals surface area contributed by atoms with Crippen molar-refractivity contribution in [3.63, 3.8) is 0 Å². The molecule has 0 aromatic rings. The predicted molar refractivity (Wildman–Crippen MR) is 61.4 cm³/mol. The van der Waals surface area contributed by atoms with E-state index in [9.17, 15) is 4.79 Å². The van der Waals surface area contributed by atoms with E-state index >= 15 is 0 Å². The molecule has 0 aromatic heterocycles. The number of nitrogens with one attached hydrogen (secondary N) is 1. The van der Waals surface area contributed by atoms with Crippen LogP contribution in [0.1, 0.15) is 13.8 Å². The van der Waals surface area contributed by atoms with Crippen molar-refractivity contribution in [2.45, 2.75) is 19.4 Å². The van der Waals surface area contributed by atoms with Gasteiger partial charge in [-0.05, 0) is 20.1 Å². The van der Waals surface area contributed by atoms with Crippen molar-refractivity contribution < 1.29 is 14.7 Å². The molecule has 0 bridgehead atoms. The fourth-order valence-electron chi connectivity index (χ4n) is 1.20. The number of carbonyl (C=O) groups is 1. The monoisotopic (exact) mass is 234 g/mol. The molecule has 1 unspecified atom stereocenters. The molecule has 0 aliphatic rings. The third-order valence-corrected chi connectivity index (χ3v) is 3.02. The first-order valence-corrected chi connectivity index (χ1v) is 5.69. The summed E-state index contributed by atoms with van der Waals surface area (Å²) in [5, 5.41) is 14.8. The molecule has 0 fully saturated rings. The van der Waals surface area contributed by atoms with Gasteiger partial charge < -0.3 is 15.3 Å². The fourth-order valence-corrected chi connectivity index (χ4v) is 1.91. The van der Waals surface area contributed by atoms with Gasteiger partial charge in [0.05, 0.1) is 5.60 Å². The predicted octanol–water partition coefficient (Wildman–Crippen LogP) is 0.924. The van der Waals surface area contributed by atoms with Crippen LogP contribution in [-0.4, -0.2) is 42.2 Å². The van der Waals surface area contributed by atoms with Gasteiger partial charge in [-0.3, -0.25) is 4.79 Å². The third kappa shape index (κ3) is 3.39. The van der Waals surface area contributed by atoms with Crippen LogP contribution in [0.3, 0.4) is 0 Å². The summed E-state index contributed by atoms with van der Waals surface area (Å²) in [4.78, 5) is 11.7. The molecule has 0 spiro atoms. The quantitative estimate of drug-likeness (QED) is 0.328. The Kier molecular flexibility index (Phi) is 5.67. The van der Waals surface area contributed by atoms with E-state index in [1.807, 2.05) is 0 Å². The molecular weight excluding hydrogens is 216 g/mol. The van der Waals surface area contributed by atoms with Crippen LogP contribution < -0.4 is 5.32 Å². The SMILES string of the molecule is CNC(=O)C(C(=NO)SC)C(C)(C)OC. The standard InChI is InChI=1S/C9H18N2O3S/c1-9(2,14-4)6(7(12)10-3)8(11-13)15-5/h6,13H,1-5H3,(H,10,12). The molecule has 15 heavy (non-hydrogen) atoms. The van der Waals surface area contributed by atoms with Crippen molar-refractivity contribution in [1.82, 2.24) is 5.32 Å². The molecule has 0 saturated heterocycles. The van der Waals surface area contributed by atoms with Gasteiger partial charge in [-0.15, -0.1) is 11.8 Å². The lowest BCUT2D eigenvalue weighted by Crippen LogP contribution is -2.47. The largest absolute Gasteiger partial charge is 0.410 e. The lowest BCUT2D eigenvalue weighted by molar-refractivity contribution is -0.129. The third-order valence-electron chi connectivity index (χ3n) is 2.28. The van der Waals surface area contributed by atoms with Crippen molar-refractivity contribution in [3.8, 4) is 0 Å². The van der Waals surface area contributed by atoms with Crippen LogP contribution in [0.25, 0.3) is 0 Å². The normalized spacial score (nSPS) is 14.9. The minimum atomic E-state index is -0.718. The molecule has 0 aliphatic carbocycles. The van der Waals surface area contributed by atoms with Gasteiger partial charge in [0.15, 0.2) is 0 Å². The molecule has 0 saturated carbocycles. The molecule has 88 valence electrons. The number of methoxy groups -OCH3 is 1. The molecule has 0 radical (unpaired) electrons. The van der Waals surface area contributed by atoms with Gasteiger partial charge in [0.2, 0.25) is 5.91 Å².